The summed E-state index contributed by atoms with van der Waals surface area (Å²) in [5.41, 5.74) is 2.64. The molecule has 118 valence electrons. The Labute approximate surface area is 143 Å². The van der Waals surface area contributed by atoms with Crippen molar-refractivity contribution in [3.8, 4) is 11.1 Å². The molecule has 0 fully saturated rings. The van der Waals surface area contributed by atoms with Crippen molar-refractivity contribution in [3.63, 3.8) is 0 Å². The van der Waals surface area contributed by atoms with Crippen molar-refractivity contribution in [1.29, 1.82) is 5.26 Å². The second kappa shape index (κ2) is 7.02. The molecule has 0 spiro atoms. The quantitative estimate of drug-likeness (QED) is 0.448. The lowest BCUT2D eigenvalue weighted by molar-refractivity contribution is 0.835. The fraction of sp³-hybridized carbons (Fsp3) is 0.0556. The van der Waals surface area contributed by atoms with Gasteiger partial charge >= 0.3 is 0 Å². The van der Waals surface area contributed by atoms with Crippen LogP contribution in [0.25, 0.3) is 5.69 Å². The maximum Gasteiger partial charge on any atom is 0.280 e. The summed E-state index contributed by atoms with van der Waals surface area (Å²) >= 11 is 1.10. The lowest BCUT2D eigenvalue weighted by atomic mass is 10.2. The molecule has 5 nitrogen and oxygen atoms in total. The number of para-hydroxylation sites is 1. The number of aliphatic imine (C=N–C) groups is 1. The molecule has 2 aromatic carbocycles. The molecule has 0 bridgehead atoms. The molecule has 0 saturated carbocycles. The van der Waals surface area contributed by atoms with Crippen molar-refractivity contribution in [2.45, 2.75) is 11.8 Å². The minimum atomic E-state index is -0.140. The predicted octanol–water partition coefficient (Wildman–Crippen LogP) is 3.80. The third-order valence-electron chi connectivity index (χ3n) is 3.47. The van der Waals surface area contributed by atoms with Crippen molar-refractivity contribution in [1.82, 2.24) is 9.78 Å². The summed E-state index contributed by atoms with van der Waals surface area (Å²) in [6, 6.07) is 16.7. The molecular weight excluding hydrogens is 320 g/mol. The molecule has 3 rings (SSSR count). The van der Waals surface area contributed by atoms with Crippen molar-refractivity contribution < 1.29 is 0 Å². The molecule has 0 unspecified atom stereocenters. The minimum absolute atomic E-state index is 0.140. The highest BCUT2D eigenvalue weighted by atomic mass is 32.2. The lowest BCUT2D eigenvalue weighted by Crippen LogP contribution is -2.17. The number of aryl methyl sites for hydroxylation is 1. The van der Waals surface area contributed by atoms with Crippen LogP contribution in [0.5, 0.6) is 0 Å². The number of aromatic amines is 1. The van der Waals surface area contributed by atoms with E-state index in [1.807, 2.05) is 66.9 Å². The SMILES string of the molecule is Cc1[nH]n(-c2ccccc2)c(=O)c1C=Nc1ccc(SC#N)cc1. The molecule has 0 aliphatic carbocycles. The van der Waals surface area contributed by atoms with Crippen LogP contribution in [0.3, 0.4) is 0 Å². The van der Waals surface area contributed by atoms with Gasteiger partial charge in [-0.3, -0.25) is 14.9 Å². The number of aromatic nitrogens is 2. The smallest absolute Gasteiger partial charge is 0.280 e. The number of benzene rings is 2. The Kier molecular flexibility index (Phi) is 4.64. The van der Waals surface area contributed by atoms with E-state index in [9.17, 15) is 4.79 Å². The second-order valence-corrected chi connectivity index (χ2v) is 5.93. The lowest BCUT2D eigenvalue weighted by Gasteiger charge is -1.99. The third-order valence-corrected chi connectivity index (χ3v) is 4.07. The van der Waals surface area contributed by atoms with Crippen LogP contribution in [0.4, 0.5) is 5.69 Å². The molecule has 3 aromatic rings. The average molecular weight is 334 g/mol. The summed E-state index contributed by atoms with van der Waals surface area (Å²) in [5.74, 6) is 0. The summed E-state index contributed by atoms with van der Waals surface area (Å²) in [6.07, 6.45) is 1.57. The van der Waals surface area contributed by atoms with E-state index < -0.39 is 0 Å². The van der Waals surface area contributed by atoms with E-state index in [2.05, 4.69) is 10.1 Å². The van der Waals surface area contributed by atoms with Gasteiger partial charge in [0.1, 0.15) is 5.40 Å². The fourth-order valence-electron chi connectivity index (χ4n) is 2.26. The van der Waals surface area contributed by atoms with Crippen LogP contribution >= 0.6 is 11.8 Å². The molecule has 1 aromatic heterocycles. The van der Waals surface area contributed by atoms with Gasteiger partial charge in [-0.25, -0.2) is 4.68 Å². The average Bonchev–Trinajstić information content (AvgIpc) is 2.90. The molecule has 1 N–H and O–H groups in total. The summed E-state index contributed by atoms with van der Waals surface area (Å²) in [6.45, 7) is 1.84. The molecule has 0 amide bonds. The van der Waals surface area contributed by atoms with Crippen LogP contribution < -0.4 is 5.56 Å². The Morgan fingerprint density at radius 1 is 1.17 bits per heavy atom. The zero-order valence-electron chi connectivity index (χ0n) is 12.9. The molecule has 0 saturated heterocycles. The molecule has 1 heterocycles. The van der Waals surface area contributed by atoms with Gasteiger partial charge in [-0.05, 0) is 55.1 Å². The van der Waals surface area contributed by atoms with E-state index >= 15 is 0 Å². The summed E-state index contributed by atoms with van der Waals surface area (Å²) < 4.78 is 1.50. The number of H-pyrrole nitrogens is 1. The number of thiocyanates is 1. The van der Waals surface area contributed by atoms with Crippen LogP contribution in [0.2, 0.25) is 0 Å². The van der Waals surface area contributed by atoms with E-state index in [0.717, 1.165) is 33.7 Å². The first-order valence-corrected chi connectivity index (χ1v) is 8.08. The highest BCUT2D eigenvalue weighted by molar-refractivity contribution is 8.03. The first kappa shape index (κ1) is 15.8. The fourth-order valence-corrected chi connectivity index (χ4v) is 2.64. The van der Waals surface area contributed by atoms with E-state index in [1.165, 1.54) is 4.68 Å². The van der Waals surface area contributed by atoms with Gasteiger partial charge in [0.15, 0.2) is 0 Å². The Morgan fingerprint density at radius 3 is 2.54 bits per heavy atom. The van der Waals surface area contributed by atoms with Gasteiger partial charge in [0.05, 0.1) is 16.9 Å². The molecule has 6 heteroatoms. The highest BCUT2D eigenvalue weighted by Crippen LogP contribution is 2.20. The standard InChI is InChI=1S/C18H14N4OS/c1-13-17(11-20-14-7-9-16(10-8-14)24-12-19)18(23)22(21-13)15-5-3-2-4-6-15/h2-11,21H,1H3. The number of nitrogens with zero attached hydrogens (tertiary/aromatic N) is 3. The van der Waals surface area contributed by atoms with Gasteiger partial charge in [-0.2, -0.15) is 5.26 Å². The Morgan fingerprint density at radius 2 is 1.88 bits per heavy atom. The number of hydrogen-bond donors (Lipinski definition) is 1. The van der Waals surface area contributed by atoms with Gasteiger partial charge in [-0.1, -0.05) is 18.2 Å². The number of rotatable bonds is 4. The molecule has 0 atom stereocenters. The monoisotopic (exact) mass is 334 g/mol. The first-order valence-electron chi connectivity index (χ1n) is 7.26. The summed E-state index contributed by atoms with van der Waals surface area (Å²) in [5, 5.41) is 13.7. The first-order chi connectivity index (χ1) is 11.7. The van der Waals surface area contributed by atoms with Gasteiger partial charge in [0, 0.05) is 16.8 Å². The zero-order chi connectivity index (χ0) is 16.9. The van der Waals surface area contributed by atoms with E-state index in [1.54, 1.807) is 6.21 Å². The number of nitriles is 1. The van der Waals surface area contributed by atoms with E-state index in [-0.39, 0.29) is 5.56 Å². The van der Waals surface area contributed by atoms with Crippen LogP contribution in [-0.2, 0) is 0 Å². The number of thioether (sulfide) groups is 1. The van der Waals surface area contributed by atoms with E-state index in [4.69, 9.17) is 5.26 Å². The minimum Gasteiger partial charge on any atom is -0.295 e. The van der Waals surface area contributed by atoms with Crippen LogP contribution in [0.1, 0.15) is 11.3 Å². The number of hydrogen-bond acceptors (Lipinski definition) is 4. The van der Waals surface area contributed by atoms with Crippen LogP contribution in [0.15, 0.2) is 69.3 Å². The van der Waals surface area contributed by atoms with Gasteiger partial charge < -0.3 is 0 Å². The molecular formula is C18H14N4OS. The highest BCUT2D eigenvalue weighted by Gasteiger charge is 2.10. The Hall–Kier alpha value is -3.04. The van der Waals surface area contributed by atoms with Gasteiger partial charge in [0.25, 0.3) is 5.56 Å². The molecule has 0 radical (unpaired) electrons. The maximum atomic E-state index is 12.6. The Bertz CT molecular complexity index is 963. The molecule has 0 aliphatic rings. The Balaban J connectivity index is 1.89. The number of nitrogens with one attached hydrogen (secondary N) is 1. The van der Waals surface area contributed by atoms with Crippen molar-refractivity contribution in [2.75, 3.05) is 0 Å². The van der Waals surface area contributed by atoms with Crippen molar-refractivity contribution in [3.05, 3.63) is 76.2 Å². The largest absolute Gasteiger partial charge is 0.295 e. The van der Waals surface area contributed by atoms with Gasteiger partial charge in [0.2, 0.25) is 0 Å². The summed E-state index contributed by atoms with van der Waals surface area (Å²) in [7, 11) is 0. The van der Waals surface area contributed by atoms with Crippen molar-refractivity contribution in [2.24, 2.45) is 4.99 Å². The topological polar surface area (TPSA) is 73.9 Å². The zero-order valence-corrected chi connectivity index (χ0v) is 13.7. The third kappa shape index (κ3) is 3.31. The van der Waals surface area contributed by atoms with E-state index in [0.29, 0.717) is 5.56 Å². The second-order valence-electron chi connectivity index (χ2n) is 5.07. The molecule has 0 aliphatic heterocycles. The molecule has 24 heavy (non-hydrogen) atoms. The maximum absolute atomic E-state index is 12.6. The summed E-state index contributed by atoms with van der Waals surface area (Å²) in [4.78, 5) is 17.8. The van der Waals surface area contributed by atoms with Crippen LogP contribution in [0, 0.1) is 17.6 Å². The normalized spacial score (nSPS) is 10.8. The van der Waals surface area contributed by atoms with Gasteiger partial charge in [-0.15, -0.1) is 0 Å². The predicted molar refractivity (Wildman–Crippen MR) is 96.3 cm³/mol. The van der Waals surface area contributed by atoms with Crippen LogP contribution in [-0.4, -0.2) is 16.0 Å². The van der Waals surface area contributed by atoms with Crippen molar-refractivity contribution >= 4 is 23.7 Å².